The van der Waals surface area contributed by atoms with E-state index in [1.54, 1.807) is 24.1 Å². The molecule has 6 nitrogen and oxygen atoms in total. The molecule has 9 heteroatoms. The van der Waals surface area contributed by atoms with Crippen molar-refractivity contribution in [2.75, 3.05) is 11.9 Å². The molecule has 0 atom stereocenters. The smallest absolute Gasteiger partial charge is 0.406 e. The number of hydrogen-bond donors (Lipinski definition) is 0. The van der Waals surface area contributed by atoms with Crippen molar-refractivity contribution in [2.45, 2.75) is 12.9 Å². The van der Waals surface area contributed by atoms with Crippen LogP contribution in [0.15, 0.2) is 84.0 Å². The zero-order chi connectivity index (χ0) is 23.6. The van der Waals surface area contributed by atoms with E-state index in [0.717, 1.165) is 16.7 Å². The summed E-state index contributed by atoms with van der Waals surface area (Å²) < 4.78 is 44.3. The van der Waals surface area contributed by atoms with Gasteiger partial charge in [-0.25, -0.2) is 0 Å². The van der Waals surface area contributed by atoms with Gasteiger partial charge in [0.25, 0.3) is 5.56 Å². The van der Waals surface area contributed by atoms with Gasteiger partial charge in [0.2, 0.25) is 0 Å². The average Bonchev–Trinajstić information content (AvgIpc) is 3.20. The lowest BCUT2D eigenvalue weighted by Gasteiger charge is -2.23. The minimum absolute atomic E-state index is 0.318. The highest BCUT2D eigenvalue weighted by Crippen LogP contribution is 2.31. The van der Waals surface area contributed by atoms with Gasteiger partial charge in [0.05, 0.1) is 11.9 Å². The predicted octanol–water partition coefficient (Wildman–Crippen LogP) is 4.77. The first-order valence-electron chi connectivity index (χ1n) is 10.1. The van der Waals surface area contributed by atoms with E-state index >= 15 is 0 Å². The maximum Gasteiger partial charge on any atom is 0.573 e. The molecule has 0 aliphatic heterocycles. The number of hydrogen-bond acceptors (Lipinski definition) is 4. The molecule has 0 saturated heterocycles. The quantitative estimate of drug-likeness (QED) is 0.421. The van der Waals surface area contributed by atoms with E-state index < -0.39 is 6.36 Å². The van der Waals surface area contributed by atoms with Crippen LogP contribution in [0.25, 0.3) is 16.8 Å². The number of aromatic nitrogens is 3. The van der Waals surface area contributed by atoms with Crippen LogP contribution < -0.4 is 15.2 Å². The topological polar surface area (TPSA) is 52.3 Å². The number of ether oxygens (including phenoxy) is 1. The van der Waals surface area contributed by atoms with E-state index in [-0.39, 0.29) is 11.3 Å². The molecule has 0 bridgehead atoms. The molecule has 170 valence electrons. The number of anilines is 1. The van der Waals surface area contributed by atoms with Crippen molar-refractivity contribution < 1.29 is 17.9 Å². The van der Waals surface area contributed by atoms with Gasteiger partial charge < -0.3 is 9.64 Å². The van der Waals surface area contributed by atoms with Crippen LogP contribution in [0.5, 0.6) is 5.75 Å². The van der Waals surface area contributed by atoms with Gasteiger partial charge in [-0.2, -0.15) is 5.10 Å². The monoisotopic (exact) mass is 454 g/mol. The summed E-state index contributed by atoms with van der Waals surface area (Å²) in [6.45, 7) is 0.584. The molecule has 0 aliphatic carbocycles. The van der Waals surface area contributed by atoms with E-state index in [2.05, 4.69) is 9.84 Å². The minimum atomic E-state index is -4.78. The van der Waals surface area contributed by atoms with Crippen LogP contribution in [-0.2, 0) is 13.6 Å². The Hall–Kier alpha value is -4.01. The van der Waals surface area contributed by atoms with Crippen molar-refractivity contribution in [3.63, 3.8) is 0 Å². The highest BCUT2D eigenvalue weighted by Gasteiger charge is 2.31. The molecule has 0 N–H and O–H groups in total. The number of alkyl halides is 3. The van der Waals surface area contributed by atoms with Gasteiger partial charge >= 0.3 is 6.36 Å². The summed E-state index contributed by atoms with van der Waals surface area (Å²) in [5, 5.41) is 4.24. The molecule has 0 saturated carbocycles. The van der Waals surface area contributed by atoms with Gasteiger partial charge in [-0.3, -0.25) is 14.0 Å². The Kier molecular flexibility index (Phi) is 5.95. The Labute approximate surface area is 188 Å². The van der Waals surface area contributed by atoms with E-state index in [9.17, 15) is 18.0 Å². The number of pyridine rings is 1. The lowest BCUT2D eigenvalue weighted by atomic mass is 10.1. The van der Waals surface area contributed by atoms with Crippen LogP contribution in [0.3, 0.4) is 0 Å². The van der Waals surface area contributed by atoms with Gasteiger partial charge in [-0.15, -0.1) is 13.2 Å². The first-order chi connectivity index (χ1) is 15.7. The largest absolute Gasteiger partial charge is 0.573 e. The third-order valence-corrected chi connectivity index (χ3v) is 5.07. The van der Waals surface area contributed by atoms with Crippen molar-refractivity contribution in [2.24, 2.45) is 7.05 Å². The molecule has 33 heavy (non-hydrogen) atoms. The van der Waals surface area contributed by atoms with Gasteiger partial charge in [-0.1, -0.05) is 30.3 Å². The van der Waals surface area contributed by atoms with Crippen LogP contribution in [0.2, 0.25) is 0 Å². The van der Waals surface area contributed by atoms with Crippen molar-refractivity contribution >= 4 is 5.69 Å². The Balaban J connectivity index is 1.75. The zero-order valence-electron chi connectivity index (χ0n) is 18.0. The maximum atomic E-state index is 13.0. The summed E-state index contributed by atoms with van der Waals surface area (Å²) in [6, 6.07) is 16.5. The molecule has 4 rings (SSSR count). The summed E-state index contributed by atoms with van der Waals surface area (Å²) in [6.07, 6.45) is 0.432. The normalized spacial score (nSPS) is 11.4. The fourth-order valence-electron chi connectivity index (χ4n) is 3.57. The SMILES string of the molecule is CN(Cc1ccccc1)c1cc(=O)n(-c2ccc(OC(F)(F)F)cc2)cc1-c1cnn(C)c1. The molecular formula is C24H21F3N4O2. The van der Waals surface area contributed by atoms with Crippen molar-refractivity contribution in [1.29, 1.82) is 0 Å². The Morgan fingerprint density at radius 3 is 2.33 bits per heavy atom. The zero-order valence-corrected chi connectivity index (χ0v) is 18.0. The third-order valence-electron chi connectivity index (χ3n) is 5.07. The maximum absolute atomic E-state index is 13.0. The molecule has 0 unspecified atom stereocenters. The second kappa shape index (κ2) is 8.85. The second-order valence-corrected chi connectivity index (χ2v) is 7.57. The van der Waals surface area contributed by atoms with E-state index in [4.69, 9.17) is 0 Å². The summed E-state index contributed by atoms with van der Waals surface area (Å²) >= 11 is 0. The Morgan fingerprint density at radius 1 is 1.03 bits per heavy atom. The number of halogens is 3. The van der Waals surface area contributed by atoms with Crippen molar-refractivity contribution in [3.8, 4) is 22.6 Å². The van der Waals surface area contributed by atoms with E-state index in [0.29, 0.717) is 17.9 Å². The van der Waals surface area contributed by atoms with Crippen LogP contribution >= 0.6 is 0 Å². The molecule has 0 aliphatic rings. The fraction of sp³-hybridized carbons (Fsp3) is 0.167. The molecule has 0 spiro atoms. The summed E-state index contributed by atoms with van der Waals surface area (Å²) in [5.74, 6) is -0.356. The van der Waals surface area contributed by atoms with Crippen LogP contribution in [-0.4, -0.2) is 27.8 Å². The Bertz CT molecular complexity index is 1300. The first kappa shape index (κ1) is 22.2. The first-order valence-corrected chi connectivity index (χ1v) is 10.1. The van der Waals surface area contributed by atoms with Gasteiger partial charge in [0.15, 0.2) is 0 Å². The van der Waals surface area contributed by atoms with Crippen LogP contribution in [0.4, 0.5) is 18.9 Å². The van der Waals surface area contributed by atoms with Crippen molar-refractivity contribution in [1.82, 2.24) is 14.3 Å². The van der Waals surface area contributed by atoms with Gasteiger partial charge in [-0.05, 0) is 29.8 Å². The molecule has 4 aromatic rings. The average molecular weight is 454 g/mol. The van der Waals surface area contributed by atoms with Crippen LogP contribution in [0, 0.1) is 0 Å². The molecular weight excluding hydrogens is 433 g/mol. The lowest BCUT2D eigenvalue weighted by molar-refractivity contribution is -0.274. The molecule has 0 radical (unpaired) electrons. The molecule has 2 aromatic carbocycles. The highest BCUT2D eigenvalue weighted by molar-refractivity contribution is 5.77. The number of aryl methyl sites for hydroxylation is 1. The number of rotatable bonds is 6. The van der Waals surface area contributed by atoms with Crippen molar-refractivity contribution in [3.05, 3.63) is 95.2 Å². The third kappa shape index (κ3) is 5.25. The van der Waals surface area contributed by atoms with E-state index in [1.807, 2.05) is 48.5 Å². The van der Waals surface area contributed by atoms with Gasteiger partial charge in [0.1, 0.15) is 5.75 Å². The Morgan fingerprint density at radius 2 is 1.73 bits per heavy atom. The highest BCUT2D eigenvalue weighted by atomic mass is 19.4. The summed E-state index contributed by atoms with van der Waals surface area (Å²) in [5.41, 5.74) is 3.46. The molecule has 2 heterocycles. The predicted molar refractivity (Wildman–Crippen MR) is 119 cm³/mol. The fourth-order valence-corrected chi connectivity index (χ4v) is 3.57. The minimum Gasteiger partial charge on any atom is -0.406 e. The number of benzene rings is 2. The second-order valence-electron chi connectivity index (χ2n) is 7.57. The van der Waals surface area contributed by atoms with E-state index in [1.165, 1.54) is 34.9 Å². The summed E-state index contributed by atoms with van der Waals surface area (Å²) in [4.78, 5) is 15.0. The number of nitrogens with zero attached hydrogens (tertiary/aromatic N) is 4. The summed E-state index contributed by atoms with van der Waals surface area (Å²) in [7, 11) is 3.70. The lowest BCUT2D eigenvalue weighted by Crippen LogP contribution is -2.23. The standard InChI is InChI=1S/C24H21F3N4O2/c1-29(14-17-6-4-3-5-7-17)22-12-23(32)31(16-21(22)18-13-28-30(2)15-18)19-8-10-20(11-9-19)33-24(25,26)27/h3-13,15-16H,14H2,1-2H3. The molecule has 0 amide bonds. The molecule has 2 aromatic heterocycles. The van der Waals surface area contributed by atoms with Crippen LogP contribution in [0.1, 0.15) is 5.56 Å². The van der Waals surface area contributed by atoms with Gasteiger partial charge in [0, 0.05) is 55.9 Å². The molecule has 0 fully saturated rings.